The number of methoxy groups -OCH3 is 1. The number of carbonyl (C=O) groups excluding carboxylic acids is 1. The van der Waals surface area contributed by atoms with E-state index < -0.39 is 17.8 Å². The van der Waals surface area contributed by atoms with Gasteiger partial charge in [-0.05, 0) is 18.6 Å². The fourth-order valence-corrected chi connectivity index (χ4v) is 1.48. The van der Waals surface area contributed by atoms with Crippen LogP contribution in [-0.2, 0) is 9.53 Å². The van der Waals surface area contributed by atoms with Crippen molar-refractivity contribution in [1.29, 1.82) is 0 Å². The van der Waals surface area contributed by atoms with Crippen LogP contribution < -0.4 is 5.73 Å². The second-order valence-corrected chi connectivity index (χ2v) is 3.47. The maximum atomic E-state index is 13.4. The van der Waals surface area contributed by atoms with Gasteiger partial charge in [-0.15, -0.1) is 0 Å². The van der Waals surface area contributed by atoms with E-state index >= 15 is 0 Å². The van der Waals surface area contributed by atoms with Gasteiger partial charge in [0.1, 0.15) is 11.9 Å². The molecule has 0 radical (unpaired) electrons. The molecule has 0 saturated carbocycles. The zero-order valence-electron chi connectivity index (χ0n) is 8.38. The van der Waals surface area contributed by atoms with Crippen molar-refractivity contribution in [3.8, 4) is 0 Å². The highest BCUT2D eigenvalue weighted by molar-refractivity contribution is 6.32. The van der Waals surface area contributed by atoms with Gasteiger partial charge in [0.15, 0.2) is 0 Å². The van der Waals surface area contributed by atoms with Gasteiger partial charge in [0.05, 0.1) is 12.1 Å². The lowest BCUT2D eigenvalue weighted by molar-refractivity contribution is -0.142. The Hall–Kier alpha value is -1.13. The number of ether oxygens (including phenoxy) is 1. The summed E-state index contributed by atoms with van der Waals surface area (Å²) in [4.78, 5) is 11.2. The largest absolute Gasteiger partial charge is 0.468 e. The Morgan fingerprint density at radius 2 is 2.20 bits per heavy atom. The molecule has 0 aromatic heterocycles. The van der Waals surface area contributed by atoms with Crippen LogP contribution in [0.5, 0.6) is 0 Å². The lowest BCUT2D eigenvalue weighted by Crippen LogP contribution is -2.24. The molecular formula is C10H11ClFNO2. The number of nitrogens with two attached hydrogens (primary N) is 1. The highest BCUT2D eigenvalue weighted by Crippen LogP contribution is 2.28. The summed E-state index contributed by atoms with van der Waals surface area (Å²) < 4.78 is 17.8. The fraction of sp³-hybridized carbons (Fsp3) is 0.300. The molecule has 0 unspecified atom stereocenters. The van der Waals surface area contributed by atoms with E-state index in [2.05, 4.69) is 4.74 Å². The molecule has 0 bridgehead atoms. The average molecular weight is 232 g/mol. The minimum absolute atomic E-state index is 0.0245. The lowest BCUT2D eigenvalue weighted by Gasteiger charge is -2.13. The molecule has 1 rings (SSSR count). The van der Waals surface area contributed by atoms with E-state index in [1.165, 1.54) is 19.2 Å². The van der Waals surface area contributed by atoms with Crippen molar-refractivity contribution in [1.82, 2.24) is 0 Å². The first-order valence-corrected chi connectivity index (χ1v) is 4.64. The number of carbonyl (C=O) groups is 1. The molecule has 5 heteroatoms. The SMILES string of the molecule is COC(=O)[C@H](N)c1c(F)ccc(C)c1Cl. The van der Waals surface area contributed by atoms with E-state index in [0.717, 1.165) is 0 Å². The number of esters is 1. The lowest BCUT2D eigenvalue weighted by atomic mass is 10.0. The molecule has 15 heavy (non-hydrogen) atoms. The van der Waals surface area contributed by atoms with E-state index in [9.17, 15) is 9.18 Å². The zero-order chi connectivity index (χ0) is 11.6. The summed E-state index contributed by atoms with van der Waals surface area (Å²) in [6.45, 7) is 1.70. The molecule has 82 valence electrons. The maximum absolute atomic E-state index is 13.4. The number of rotatable bonds is 2. The Labute approximate surface area is 92.0 Å². The van der Waals surface area contributed by atoms with E-state index in [0.29, 0.717) is 5.56 Å². The van der Waals surface area contributed by atoms with Gasteiger partial charge >= 0.3 is 5.97 Å². The highest BCUT2D eigenvalue weighted by Gasteiger charge is 2.23. The van der Waals surface area contributed by atoms with Crippen LogP contribution in [-0.4, -0.2) is 13.1 Å². The minimum atomic E-state index is -1.19. The topological polar surface area (TPSA) is 52.3 Å². The summed E-state index contributed by atoms with van der Waals surface area (Å²) in [6, 6.07) is 1.55. The summed E-state index contributed by atoms with van der Waals surface area (Å²) in [7, 11) is 1.18. The predicted octanol–water partition coefficient (Wildman–Crippen LogP) is 1.96. The first kappa shape index (κ1) is 11.9. The molecule has 0 heterocycles. The monoisotopic (exact) mass is 231 g/mol. The molecule has 0 amide bonds. The van der Waals surface area contributed by atoms with Gasteiger partial charge in [0.25, 0.3) is 0 Å². The first-order chi connectivity index (χ1) is 6.99. The quantitative estimate of drug-likeness (QED) is 0.792. The van der Waals surface area contributed by atoms with Gasteiger partial charge < -0.3 is 10.5 Å². The highest BCUT2D eigenvalue weighted by atomic mass is 35.5. The zero-order valence-corrected chi connectivity index (χ0v) is 9.14. The number of hydrogen-bond donors (Lipinski definition) is 1. The number of hydrogen-bond acceptors (Lipinski definition) is 3. The minimum Gasteiger partial charge on any atom is -0.468 e. The van der Waals surface area contributed by atoms with Crippen LogP contribution in [0.15, 0.2) is 12.1 Å². The molecule has 2 N–H and O–H groups in total. The Morgan fingerprint density at radius 1 is 1.60 bits per heavy atom. The van der Waals surface area contributed by atoms with Crippen molar-refractivity contribution < 1.29 is 13.9 Å². The molecule has 0 aliphatic carbocycles. The molecule has 1 aromatic rings. The van der Waals surface area contributed by atoms with Crippen molar-refractivity contribution in [3.05, 3.63) is 34.1 Å². The third-order valence-electron chi connectivity index (χ3n) is 2.09. The molecule has 0 spiro atoms. The van der Waals surface area contributed by atoms with Gasteiger partial charge in [-0.3, -0.25) is 4.79 Å². The van der Waals surface area contributed by atoms with Gasteiger partial charge in [-0.1, -0.05) is 17.7 Å². The molecule has 0 aliphatic rings. The van der Waals surface area contributed by atoms with Gasteiger partial charge in [-0.25, -0.2) is 4.39 Å². The van der Waals surface area contributed by atoms with Crippen LogP contribution >= 0.6 is 11.6 Å². The molecule has 1 aromatic carbocycles. The van der Waals surface area contributed by atoms with E-state index in [1.54, 1.807) is 6.92 Å². The van der Waals surface area contributed by atoms with Crippen molar-refractivity contribution >= 4 is 17.6 Å². The van der Waals surface area contributed by atoms with Crippen molar-refractivity contribution in [3.63, 3.8) is 0 Å². The second kappa shape index (κ2) is 4.59. The smallest absolute Gasteiger partial charge is 0.327 e. The summed E-state index contributed by atoms with van der Waals surface area (Å²) in [5.74, 6) is -1.33. The summed E-state index contributed by atoms with van der Waals surface area (Å²) in [5.41, 5.74) is 6.16. The van der Waals surface area contributed by atoms with Crippen LogP contribution in [0.1, 0.15) is 17.2 Å². The van der Waals surface area contributed by atoms with Crippen molar-refractivity contribution in [2.45, 2.75) is 13.0 Å². The number of halogens is 2. The normalized spacial score (nSPS) is 12.3. The third kappa shape index (κ3) is 2.27. The van der Waals surface area contributed by atoms with E-state index in [4.69, 9.17) is 17.3 Å². The maximum Gasteiger partial charge on any atom is 0.327 e. The second-order valence-electron chi connectivity index (χ2n) is 3.09. The number of aryl methyl sites for hydroxylation is 1. The molecular weight excluding hydrogens is 221 g/mol. The Kier molecular flexibility index (Phi) is 3.66. The summed E-state index contributed by atoms with van der Waals surface area (Å²) >= 11 is 5.87. The third-order valence-corrected chi connectivity index (χ3v) is 2.59. The van der Waals surface area contributed by atoms with E-state index in [1.807, 2.05) is 0 Å². The van der Waals surface area contributed by atoms with E-state index in [-0.39, 0.29) is 10.6 Å². The van der Waals surface area contributed by atoms with Crippen LogP contribution in [0, 0.1) is 12.7 Å². The molecule has 0 aliphatic heterocycles. The van der Waals surface area contributed by atoms with Gasteiger partial charge in [0.2, 0.25) is 0 Å². The van der Waals surface area contributed by atoms with Crippen LogP contribution in [0.25, 0.3) is 0 Å². The Bertz CT molecular complexity index is 395. The average Bonchev–Trinajstić information content (AvgIpc) is 2.22. The first-order valence-electron chi connectivity index (χ1n) is 4.27. The number of benzene rings is 1. The Balaban J connectivity index is 3.24. The fourth-order valence-electron chi connectivity index (χ4n) is 1.21. The standard InChI is InChI=1S/C10H11ClFNO2/c1-5-3-4-6(12)7(8(5)11)9(13)10(14)15-2/h3-4,9H,13H2,1-2H3/t9-/m1/s1. The van der Waals surface area contributed by atoms with Crippen molar-refractivity contribution in [2.75, 3.05) is 7.11 Å². The van der Waals surface area contributed by atoms with Crippen molar-refractivity contribution in [2.24, 2.45) is 5.73 Å². The summed E-state index contributed by atoms with van der Waals surface area (Å²) in [5, 5.41) is 0.160. The van der Waals surface area contributed by atoms with Gasteiger partial charge in [-0.2, -0.15) is 0 Å². The molecule has 0 fully saturated rings. The molecule has 1 atom stereocenters. The predicted molar refractivity (Wildman–Crippen MR) is 55.1 cm³/mol. The Morgan fingerprint density at radius 3 is 2.73 bits per heavy atom. The van der Waals surface area contributed by atoms with Crippen LogP contribution in [0.3, 0.4) is 0 Å². The van der Waals surface area contributed by atoms with Crippen LogP contribution in [0.2, 0.25) is 5.02 Å². The summed E-state index contributed by atoms with van der Waals surface area (Å²) in [6.07, 6.45) is 0. The van der Waals surface area contributed by atoms with Crippen LogP contribution in [0.4, 0.5) is 4.39 Å². The molecule has 3 nitrogen and oxygen atoms in total. The van der Waals surface area contributed by atoms with Gasteiger partial charge in [0, 0.05) is 5.56 Å². The molecule has 0 saturated heterocycles.